The Hall–Kier alpha value is -2.03. The largest absolute Gasteiger partial charge is 0.497 e. The molecule has 0 saturated heterocycles. The number of hydrogen-bond acceptors (Lipinski definition) is 2. The van der Waals surface area contributed by atoms with E-state index in [-0.39, 0.29) is 11.8 Å². The molecule has 3 nitrogen and oxygen atoms in total. The van der Waals surface area contributed by atoms with Crippen molar-refractivity contribution in [3.8, 4) is 5.75 Å². The highest BCUT2D eigenvalue weighted by atomic mass is 16.5. The Balaban J connectivity index is 1.95. The smallest absolute Gasteiger partial charge is 0.307 e. The zero-order chi connectivity index (χ0) is 12.7. The van der Waals surface area contributed by atoms with Crippen LogP contribution in [0.4, 0.5) is 0 Å². The molecule has 0 aliphatic heterocycles. The van der Waals surface area contributed by atoms with Crippen molar-refractivity contribution in [2.45, 2.75) is 12.3 Å². The van der Waals surface area contributed by atoms with Gasteiger partial charge in [-0.25, -0.2) is 0 Å². The van der Waals surface area contributed by atoms with Crippen LogP contribution in [0.25, 0.3) is 10.8 Å². The lowest BCUT2D eigenvalue weighted by atomic mass is 10.0. The second kappa shape index (κ2) is 4.02. The van der Waals surface area contributed by atoms with Crippen molar-refractivity contribution in [2.75, 3.05) is 7.11 Å². The average molecular weight is 242 g/mol. The monoisotopic (exact) mass is 242 g/mol. The van der Waals surface area contributed by atoms with Crippen LogP contribution in [-0.4, -0.2) is 18.2 Å². The Morgan fingerprint density at radius 3 is 2.61 bits per heavy atom. The lowest BCUT2D eigenvalue weighted by molar-refractivity contribution is -0.138. The number of carboxylic acids is 1. The molecule has 3 heteroatoms. The normalized spacial score (nSPS) is 21.8. The highest BCUT2D eigenvalue weighted by molar-refractivity contribution is 5.85. The van der Waals surface area contributed by atoms with Gasteiger partial charge in [0, 0.05) is 0 Å². The van der Waals surface area contributed by atoms with E-state index >= 15 is 0 Å². The third kappa shape index (κ3) is 1.82. The summed E-state index contributed by atoms with van der Waals surface area (Å²) in [6.45, 7) is 0. The fraction of sp³-hybridized carbons (Fsp3) is 0.267. The molecule has 3 rings (SSSR count). The van der Waals surface area contributed by atoms with Gasteiger partial charge in [-0.05, 0) is 40.8 Å². The van der Waals surface area contributed by atoms with Gasteiger partial charge < -0.3 is 9.84 Å². The molecule has 0 amide bonds. The van der Waals surface area contributed by atoms with Gasteiger partial charge in [0.25, 0.3) is 0 Å². The first-order chi connectivity index (χ1) is 8.69. The molecule has 1 aliphatic carbocycles. The van der Waals surface area contributed by atoms with Gasteiger partial charge in [0.1, 0.15) is 5.75 Å². The van der Waals surface area contributed by atoms with Gasteiger partial charge >= 0.3 is 5.97 Å². The number of carbonyl (C=O) groups is 1. The summed E-state index contributed by atoms with van der Waals surface area (Å²) in [6.07, 6.45) is 0.761. The standard InChI is InChI=1S/C15H14O3/c1-18-12-5-4-9-6-11(3-2-10(9)7-12)13-8-14(13)15(16)17/h2-7,13-14H,8H2,1H3,(H,16,17). The highest BCUT2D eigenvalue weighted by Crippen LogP contribution is 2.48. The van der Waals surface area contributed by atoms with Crippen LogP contribution in [0.1, 0.15) is 17.9 Å². The molecular weight excluding hydrogens is 228 g/mol. The van der Waals surface area contributed by atoms with Crippen LogP contribution >= 0.6 is 0 Å². The summed E-state index contributed by atoms with van der Waals surface area (Å²) in [5.41, 5.74) is 1.13. The van der Waals surface area contributed by atoms with Gasteiger partial charge in [-0.1, -0.05) is 24.3 Å². The van der Waals surface area contributed by atoms with Gasteiger partial charge in [0.15, 0.2) is 0 Å². The van der Waals surface area contributed by atoms with Crippen molar-refractivity contribution in [2.24, 2.45) is 5.92 Å². The predicted octanol–water partition coefficient (Wildman–Crippen LogP) is 3.04. The lowest BCUT2D eigenvalue weighted by Gasteiger charge is -2.05. The molecule has 0 heterocycles. The van der Waals surface area contributed by atoms with E-state index in [1.165, 1.54) is 0 Å². The number of ether oxygens (including phenoxy) is 1. The first kappa shape index (κ1) is 11.1. The molecule has 2 atom stereocenters. The second-order valence-corrected chi connectivity index (χ2v) is 4.76. The first-order valence-electron chi connectivity index (χ1n) is 5.99. The van der Waals surface area contributed by atoms with E-state index < -0.39 is 5.97 Å². The van der Waals surface area contributed by atoms with Gasteiger partial charge in [0.05, 0.1) is 13.0 Å². The molecule has 18 heavy (non-hydrogen) atoms. The van der Waals surface area contributed by atoms with Crippen molar-refractivity contribution >= 4 is 16.7 Å². The molecule has 1 fully saturated rings. The van der Waals surface area contributed by atoms with Crippen molar-refractivity contribution < 1.29 is 14.6 Å². The molecule has 2 aromatic carbocycles. The Morgan fingerprint density at radius 1 is 1.22 bits per heavy atom. The summed E-state index contributed by atoms with van der Waals surface area (Å²) >= 11 is 0. The van der Waals surface area contributed by atoms with Gasteiger partial charge in [0.2, 0.25) is 0 Å². The van der Waals surface area contributed by atoms with Gasteiger partial charge in [-0.3, -0.25) is 4.79 Å². The number of aliphatic carboxylic acids is 1. The van der Waals surface area contributed by atoms with Crippen LogP contribution in [0, 0.1) is 5.92 Å². The fourth-order valence-electron chi connectivity index (χ4n) is 2.44. The molecule has 1 saturated carbocycles. The molecule has 0 radical (unpaired) electrons. The third-order valence-corrected chi connectivity index (χ3v) is 3.61. The van der Waals surface area contributed by atoms with Crippen molar-refractivity contribution in [1.29, 1.82) is 0 Å². The van der Waals surface area contributed by atoms with Crippen molar-refractivity contribution in [3.63, 3.8) is 0 Å². The SMILES string of the molecule is COc1ccc2cc(C3CC3C(=O)O)ccc2c1. The molecule has 92 valence electrons. The molecule has 2 unspecified atom stereocenters. The van der Waals surface area contributed by atoms with Crippen LogP contribution in [0.3, 0.4) is 0 Å². The molecular formula is C15H14O3. The maximum atomic E-state index is 10.9. The molecule has 2 aromatic rings. The van der Waals surface area contributed by atoms with Crippen molar-refractivity contribution in [3.05, 3.63) is 42.0 Å². The van der Waals surface area contributed by atoms with Crippen molar-refractivity contribution in [1.82, 2.24) is 0 Å². The molecule has 0 bridgehead atoms. The van der Waals surface area contributed by atoms with E-state index in [2.05, 4.69) is 6.07 Å². The van der Waals surface area contributed by atoms with Gasteiger partial charge in [-0.2, -0.15) is 0 Å². The maximum Gasteiger partial charge on any atom is 0.307 e. The van der Waals surface area contributed by atoms with Crippen LogP contribution in [-0.2, 0) is 4.79 Å². The quantitative estimate of drug-likeness (QED) is 0.899. The van der Waals surface area contributed by atoms with Crippen LogP contribution in [0.15, 0.2) is 36.4 Å². The van der Waals surface area contributed by atoms with E-state index in [0.717, 1.165) is 28.5 Å². The molecule has 0 spiro atoms. The van der Waals surface area contributed by atoms with Crippen LogP contribution in [0.2, 0.25) is 0 Å². The summed E-state index contributed by atoms with van der Waals surface area (Å²) in [5.74, 6) is 0.148. The van der Waals surface area contributed by atoms with Gasteiger partial charge in [-0.15, -0.1) is 0 Å². The third-order valence-electron chi connectivity index (χ3n) is 3.61. The Morgan fingerprint density at radius 2 is 1.94 bits per heavy atom. The second-order valence-electron chi connectivity index (χ2n) is 4.76. The summed E-state index contributed by atoms with van der Waals surface area (Å²) in [7, 11) is 1.65. The number of benzene rings is 2. The van der Waals surface area contributed by atoms with E-state index in [1.807, 2.05) is 30.3 Å². The van der Waals surface area contributed by atoms with Crippen LogP contribution < -0.4 is 4.74 Å². The average Bonchev–Trinajstić information content (AvgIpc) is 3.18. The van der Waals surface area contributed by atoms with E-state index in [1.54, 1.807) is 7.11 Å². The highest BCUT2D eigenvalue weighted by Gasteiger charge is 2.44. The maximum absolute atomic E-state index is 10.9. The topological polar surface area (TPSA) is 46.5 Å². The zero-order valence-electron chi connectivity index (χ0n) is 10.1. The summed E-state index contributed by atoms with van der Waals surface area (Å²) in [6, 6.07) is 12.1. The number of rotatable bonds is 3. The Bertz CT molecular complexity index is 618. The molecule has 1 N–H and O–H groups in total. The summed E-state index contributed by atoms with van der Waals surface area (Å²) < 4.78 is 5.18. The minimum Gasteiger partial charge on any atom is -0.497 e. The number of carboxylic acid groups (broad SMARTS) is 1. The fourth-order valence-corrected chi connectivity index (χ4v) is 2.44. The first-order valence-corrected chi connectivity index (χ1v) is 5.99. The van der Waals surface area contributed by atoms with E-state index in [0.29, 0.717) is 0 Å². The number of fused-ring (bicyclic) bond motifs is 1. The number of methoxy groups -OCH3 is 1. The predicted molar refractivity (Wildman–Crippen MR) is 69.0 cm³/mol. The lowest BCUT2D eigenvalue weighted by Crippen LogP contribution is -1.98. The Kier molecular flexibility index (Phi) is 2.47. The van der Waals surface area contributed by atoms with E-state index in [4.69, 9.17) is 9.84 Å². The number of hydrogen-bond donors (Lipinski definition) is 1. The zero-order valence-corrected chi connectivity index (χ0v) is 10.1. The minimum absolute atomic E-state index is 0.189. The van der Waals surface area contributed by atoms with Crippen LogP contribution in [0.5, 0.6) is 5.75 Å². The molecule has 1 aliphatic rings. The Labute approximate surface area is 105 Å². The molecule has 0 aromatic heterocycles. The summed E-state index contributed by atoms with van der Waals surface area (Å²) in [4.78, 5) is 10.9. The summed E-state index contributed by atoms with van der Waals surface area (Å²) in [5, 5.41) is 11.2. The minimum atomic E-state index is -0.685. The van der Waals surface area contributed by atoms with E-state index in [9.17, 15) is 4.79 Å².